The van der Waals surface area contributed by atoms with Crippen molar-refractivity contribution in [1.82, 2.24) is 24.0 Å². The van der Waals surface area contributed by atoms with Gasteiger partial charge >= 0.3 is 0 Å². The van der Waals surface area contributed by atoms with Gasteiger partial charge in [0.2, 0.25) is 0 Å². The van der Waals surface area contributed by atoms with E-state index < -0.39 is 0 Å². The van der Waals surface area contributed by atoms with Gasteiger partial charge in [0, 0.05) is 18.4 Å². The summed E-state index contributed by atoms with van der Waals surface area (Å²) in [5.41, 5.74) is 5.83. The smallest absolute Gasteiger partial charge is 0.0929 e. The fourth-order valence-electron chi connectivity index (χ4n) is 2.36. The van der Waals surface area contributed by atoms with Crippen LogP contribution >= 0.6 is 11.7 Å². The topological polar surface area (TPSA) is 81.7 Å². The average Bonchev–Trinajstić information content (AvgIpc) is 3.13. The minimum Gasteiger partial charge on any atom is -0.271 e. The minimum absolute atomic E-state index is 0.0719. The van der Waals surface area contributed by atoms with Gasteiger partial charge in [0.1, 0.15) is 0 Å². The molecule has 0 radical (unpaired) electrons. The number of para-hydroxylation sites is 1. The van der Waals surface area contributed by atoms with Crippen molar-refractivity contribution in [3.05, 3.63) is 41.9 Å². The first-order valence-corrected chi connectivity index (χ1v) is 7.24. The average molecular weight is 288 g/mol. The van der Waals surface area contributed by atoms with Gasteiger partial charge in [-0.25, -0.2) is 0 Å². The van der Waals surface area contributed by atoms with Gasteiger partial charge in [-0.05, 0) is 13.0 Å². The molecular formula is C13H16N6S. The predicted molar refractivity (Wildman–Crippen MR) is 79.1 cm³/mol. The molecule has 104 valence electrons. The number of nitrogens with zero attached hydrogens (tertiary/aromatic N) is 4. The second-order valence-electron chi connectivity index (χ2n) is 4.54. The molecule has 7 heteroatoms. The summed E-state index contributed by atoms with van der Waals surface area (Å²) >= 11 is 1.19. The van der Waals surface area contributed by atoms with Crippen LogP contribution in [0.5, 0.6) is 0 Å². The molecule has 0 saturated carbocycles. The molecule has 6 nitrogen and oxygen atoms in total. The van der Waals surface area contributed by atoms with Crippen LogP contribution in [0.25, 0.3) is 10.9 Å². The molecule has 20 heavy (non-hydrogen) atoms. The van der Waals surface area contributed by atoms with Gasteiger partial charge in [0.05, 0.1) is 40.9 Å². The Morgan fingerprint density at radius 2 is 2.25 bits per heavy atom. The number of hydrogen-bond donors (Lipinski definition) is 2. The Balaban J connectivity index is 1.98. The third-order valence-electron chi connectivity index (χ3n) is 3.37. The molecule has 0 aliphatic rings. The molecule has 2 heterocycles. The van der Waals surface area contributed by atoms with Gasteiger partial charge in [0.15, 0.2) is 0 Å². The molecule has 0 saturated heterocycles. The molecule has 0 spiro atoms. The third kappa shape index (κ3) is 2.31. The fraction of sp³-hybridized carbons (Fsp3) is 0.308. The Morgan fingerprint density at radius 3 is 2.95 bits per heavy atom. The number of aryl methyl sites for hydroxylation is 1. The van der Waals surface area contributed by atoms with Crippen LogP contribution in [-0.2, 0) is 13.0 Å². The predicted octanol–water partition coefficient (Wildman–Crippen LogP) is 1.65. The molecule has 1 aromatic carbocycles. The van der Waals surface area contributed by atoms with Crippen LogP contribution in [0.4, 0.5) is 0 Å². The van der Waals surface area contributed by atoms with Crippen LogP contribution in [0.15, 0.2) is 30.5 Å². The molecule has 0 bridgehead atoms. The van der Waals surface area contributed by atoms with E-state index in [1.165, 1.54) is 11.7 Å². The summed E-state index contributed by atoms with van der Waals surface area (Å²) in [5.74, 6) is 5.65. The van der Waals surface area contributed by atoms with E-state index in [4.69, 9.17) is 5.84 Å². The van der Waals surface area contributed by atoms with E-state index in [-0.39, 0.29) is 6.04 Å². The van der Waals surface area contributed by atoms with Gasteiger partial charge in [-0.2, -0.15) is 13.8 Å². The highest BCUT2D eigenvalue weighted by Gasteiger charge is 2.18. The van der Waals surface area contributed by atoms with Crippen molar-refractivity contribution in [2.24, 2.45) is 5.84 Å². The van der Waals surface area contributed by atoms with Gasteiger partial charge in [-0.1, -0.05) is 18.2 Å². The van der Waals surface area contributed by atoms with Gasteiger partial charge in [-0.3, -0.25) is 16.0 Å². The summed E-state index contributed by atoms with van der Waals surface area (Å²) in [4.78, 5) is 0. The number of nitrogens with one attached hydrogen (secondary N) is 1. The highest BCUT2D eigenvalue weighted by molar-refractivity contribution is 6.99. The second-order valence-corrected chi connectivity index (χ2v) is 5.09. The number of aromatic nitrogens is 4. The zero-order valence-electron chi connectivity index (χ0n) is 11.2. The molecule has 3 aromatic rings. The zero-order valence-corrected chi connectivity index (χ0v) is 12.0. The maximum Gasteiger partial charge on any atom is 0.0929 e. The molecule has 0 aliphatic carbocycles. The van der Waals surface area contributed by atoms with Gasteiger partial charge in [-0.15, -0.1) is 0 Å². The van der Waals surface area contributed by atoms with E-state index >= 15 is 0 Å². The molecule has 0 fully saturated rings. The van der Waals surface area contributed by atoms with Crippen LogP contribution in [0.2, 0.25) is 0 Å². The van der Waals surface area contributed by atoms with Crippen molar-refractivity contribution >= 4 is 22.6 Å². The molecule has 0 aliphatic heterocycles. The molecule has 0 amide bonds. The minimum atomic E-state index is -0.0719. The lowest BCUT2D eigenvalue weighted by atomic mass is 10.1. The summed E-state index contributed by atoms with van der Waals surface area (Å²) in [6.07, 6.45) is 2.43. The zero-order chi connectivity index (χ0) is 13.9. The van der Waals surface area contributed by atoms with Crippen LogP contribution in [0, 0.1) is 0 Å². The largest absolute Gasteiger partial charge is 0.271 e. The number of rotatable bonds is 5. The Bertz CT molecular complexity index is 690. The fourth-order valence-corrected chi connectivity index (χ4v) is 2.83. The van der Waals surface area contributed by atoms with Crippen LogP contribution in [0.3, 0.4) is 0 Å². The van der Waals surface area contributed by atoms with Gasteiger partial charge < -0.3 is 0 Å². The molecule has 2 aromatic heterocycles. The number of fused-ring (bicyclic) bond motifs is 1. The number of benzene rings is 1. The lowest BCUT2D eigenvalue weighted by Crippen LogP contribution is -2.30. The SMILES string of the molecule is CCn1nc(CC(NN)c2cnsn2)c2ccccc21. The highest BCUT2D eigenvalue weighted by atomic mass is 32.1. The van der Waals surface area contributed by atoms with Crippen molar-refractivity contribution < 1.29 is 0 Å². The van der Waals surface area contributed by atoms with Crippen molar-refractivity contribution in [3.63, 3.8) is 0 Å². The van der Waals surface area contributed by atoms with Crippen molar-refractivity contribution in [2.45, 2.75) is 25.9 Å². The van der Waals surface area contributed by atoms with E-state index in [0.717, 1.165) is 28.8 Å². The van der Waals surface area contributed by atoms with Crippen LogP contribution < -0.4 is 11.3 Å². The van der Waals surface area contributed by atoms with E-state index in [1.54, 1.807) is 6.20 Å². The highest BCUT2D eigenvalue weighted by Crippen LogP contribution is 2.23. The maximum atomic E-state index is 5.65. The van der Waals surface area contributed by atoms with Crippen molar-refractivity contribution in [1.29, 1.82) is 0 Å². The lowest BCUT2D eigenvalue weighted by molar-refractivity contribution is 0.530. The quantitative estimate of drug-likeness (QED) is 0.551. The first-order valence-electron chi connectivity index (χ1n) is 6.51. The Hall–Kier alpha value is -1.83. The number of nitrogens with two attached hydrogens (primary N) is 1. The lowest BCUT2D eigenvalue weighted by Gasteiger charge is -2.11. The Kier molecular flexibility index (Phi) is 3.72. The van der Waals surface area contributed by atoms with E-state index in [0.29, 0.717) is 6.42 Å². The first-order chi connectivity index (χ1) is 9.83. The van der Waals surface area contributed by atoms with Gasteiger partial charge in [0.25, 0.3) is 0 Å². The molecule has 3 N–H and O–H groups in total. The third-order valence-corrected chi connectivity index (χ3v) is 3.86. The molecular weight excluding hydrogens is 272 g/mol. The summed E-state index contributed by atoms with van der Waals surface area (Å²) in [7, 11) is 0. The van der Waals surface area contributed by atoms with E-state index in [1.807, 2.05) is 16.8 Å². The van der Waals surface area contributed by atoms with E-state index in [9.17, 15) is 0 Å². The first kappa shape index (κ1) is 13.2. The van der Waals surface area contributed by atoms with Crippen LogP contribution in [0.1, 0.15) is 24.4 Å². The molecule has 3 rings (SSSR count). The Labute approximate surface area is 120 Å². The second kappa shape index (κ2) is 5.66. The number of hydrogen-bond acceptors (Lipinski definition) is 6. The van der Waals surface area contributed by atoms with Crippen LogP contribution in [-0.4, -0.2) is 18.5 Å². The van der Waals surface area contributed by atoms with Crippen molar-refractivity contribution in [3.8, 4) is 0 Å². The molecule has 1 atom stereocenters. The standard InChI is InChI=1S/C13H16N6S/c1-2-19-13-6-4-3-5-9(13)10(17-19)7-11(16-14)12-8-15-20-18-12/h3-6,8,11,16H,2,7,14H2,1H3. The number of hydrazine groups is 1. The normalized spacial score (nSPS) is 12.9. The summed E-state index contributed by atoms with van der Waals surface area (Å²) in [5, 5.41) is 5.85. The van der Waals surface area contributed by atoms with E-state index in [2.05, 4.69) is 38.3 Å². The summed E-state index contributed by atoms with van der Waals surface area (Å²) < 4.78 is 10.3. The van der Waals surface area contributed by atoms with Crippen molar-refractivity contribution in [2.75, 3.05) is 0 Å². The molecule has 1 unspecified atom stereocenters. The summed E-state index contributed by atoms with van der Waals surface area (Å²) in [6, 6.07) is 8.17. The maximum absolute atomic E-state index is 5.65. The Morgan fingerprint density at radius 1 is 1.40 bits per heavy atom. The monoisotopic (exact) mass is 288 g/mol. The summed E-state index contributed by atoms with van der Waals surface area (Å²) in [6.45, 7) is 2.94.